The van der Waals surface area contributed by atoms with Gasteiger partial charge in [0.2, 0.25) is 0 Å². The lowest BCUT2D eigenvalue weighted by Crippen LogP contribution is -2.45. The Kier molecular flexibility index (Phi) is 5.22. The zero-order valence-electron chi connectivity index (χ0n) is 12.5. The van der Waals surface area contributed by atoms with Crippen molar-refractivity contribution in [1.29, 1.82) is 0 Å². The van der Waals surface area contributed by atoms with Gasteiger partial charge in [-0.25, -0.2) is 0 Å². The van der Waals surface area contributed by atoms with Gasteiger partial charge >= 0.3 is 0 Å². The second-order valence-electron chi connectivity index (χ2n) is 5.65. The van der Waals surface area contributed by atoms with Gasteiger partial charge in [0, 0.05) is 38.4 Å². The van der Waals surface area contributed by atoms with E-state index in [0.717, 1.165) is 44.0 Å². The van der Waals surface area contributed by atoms with E-state index in [2.05, 4.69) is 9.80 Å². The first-order valence-electron chi connectivity index (χ1n) is 7.42. The number of phenols is 1. The number of rotatable bonds is 3. The van der Waals surface area contributed by atoms with Crippen LogP contribution in [0, 0.1) is 0 Å². The Bertz CT molecular complexity index is 660. The monoisotopic (exact) mass is 370 g/mol. The van der Waals surface area contributed by atoms with Crippen molar-refractivity contribution in [3.63, 3.8) is 0 Å². The second-order valence-corrected chi connectivity index (χ2v) is 6.85. The van der Waals surface area contributed by atoms with Gasteiger partial charge in [-0.15, -0.1) is 0 Å². The third-order valence-corrected chi connectivity index (χ3v) is 5.23. The van der Waals surface area contributed by atoms with Crippen LogP contribution in [-0.2, 0) is 6.54 Å². The minimum Gasteiger partial charge on any atom is -0.508 e. The smallest absolute Gasteiger partial charge is 0.115 e. The van der Waals surface area contributed by atoms with E-state index in [-0.39, 0.29) is 0 Å². The van der Waals surface area contributed by atoms with Crippen LogP contribution in [0.15, 0.2) is 36.4 Å². The lowest BCUT2D eigenvalue weighted by Gasteiger charge is -2.36. The number of hydrogen-bond donors (Lipinski definition) is 1. The minimum absolute atomic E-state index is 0.295. The van der Waals surface area contributed by atoms with Crippen LogP contribution in [0.3, 0.4) is 0 Å². The third kappa shape index (κ3) is 4.04. The van der Waals surface area contributed by atoms with Gasteiger partial charge in [-0.05, 0) is 42.0 Å². The van der Waals surface area contributed by atoms with Crippen LogP contribution in [-0.4, -0.2) is 36.2 Å². The molecule has 0 saturated carbocycles. The highest BCUT2D eigenvalue weighted by Crippen LogP contribution is 2.31. The summed E-state index contributed by atoms with van der Waals surface area (Å²) in [5.41, 5.74) is 2.21. The van der Waals surface area contributed by atoms with Crippen molar-refractivity contribution in [2.75, 3.05) is 31.1 Å². The number of nitrogens with zero attached hydrogens (tertiary/aromatic N) is 2. The molecule has 2 aromatic carbocycles. The molecule has 23 heavy (non-hydrogen) atoms. The highest BCUT2D eigenvalue weighted by molar-refractivity contribution is 6.48. The molecule has 3 rings (SSSR count). The van der Waals surface area contributed by atoms with Crippen LogP contribution < -0.4 is 4.90 Å². The Balaban J connectivity index is 1.60. The van der Waals surface area contributed by atoms with Gasteiger partial charge in [-0.3, -0.25) is 4.90 Å². The van der Waals surface area contributed by atoms with Crippen molar-refractivity contribution in [3.05, 3.63) is 57.0 Å². The number of halogens is 3. The Labute approximate surface area is 151 Å². The Morgan fingerprint density at radius 3 is 2.00 bits per heavy atom. The predicted molar refractivity (Wildman–Crippen MR) is 97.1 cm³/mol. The Morgan fingerprint density at radius 2 is 1.43 bits per heavy atom. The normalized spacial score (nSPS) is 15.9. The number of aromatic hydroxyl groups is 1. The number of hydrogen-bond acceptors (Lipinski definition) is 3. The maximum atomic E-state index is 9.37. The topological polar surface area (TPSA) is 26.7 Å². The average Bonchev–Trinajstić information content (AvgIpc) is 2.54. The molecule has 122 valence electrons. The summed E-state index contributed by atoms with van der Waals surface area (Å²) in [5, 5.41) is 10.8. The minimum atomic E-state index is 0.295. The van der Waals surface area contributed by atoms with E-state index in [9.17, 15) is 5.11 Å². The molecular weight excluding hydrogens is 355 g/mol. The number of phenolic OH excluding ortho intramolecular Hbond substituents is 1. The van der Waals surface area contributed by atoms with E-state index in [1.807, 2.05) is 24.3 Å². The van der Waals surface area contributed by atoms with Crippen LogP contribution in [0.5, 0.6) is 5.75 Å². The molecule has 1 fully saturated rings. The molecular formula is C17H17Cl3N2O. The molecule has 0 spiro atoms. The van der Waals surface area contributed by atoms with Crippen LogP contribution in [0.4, 0.5) is 5.69 Å². The zero-order chi connectivity index (χ0) is 16.4. The van der Waals surface area contributed by atoms with Gasteiger partial charge in [0.1, 0.15) is 5.75 Å². The highest BCUT2D eigenvalue weighted by Gasteiger charge is 2.18. The number of anilines is 1. The molecule has 2 aromatic rings. The summed E-state index contributed by atoms with van der Waals surface area (Å²) in [7, 11) is 0. The van der Waals surface area contributed by atoms with Gasteiger partial charge < -0.3 is 10.0 Å². The molecule has 1 saturated heterocycles. The van der Waals surface area contributed by atoms with Crippen molar-refractivity contribution in [2.24, 2.45) is 0 Å². The van der Waals surface area contributed by atoms with Gasteiger partial charge in [0.15, 0.2) is 0 Å². The zero-order valence-corrected chi connectivity index (χ0v) is 14.7. The van der Waals surface area contributed by atoms with Crippen molar-refractivity contribution in [1.82, 2.24) is 4.90 Å². The van der Waals surface area contributed by atoms with E-state index < -0.39 is 0 Å². The van der Waals surface area contributed by atoms with E-state index >= 15 is 0 Å². The summed E-state index contributed by atoms with van der Waals surface area (Å²) in [6.07, 6.45) is 0. The number of piperazine rings is 1. The fraction of sp³-hybridized carbons (Fsp3) is 0.294. The average molecular weight is 372 g/mol. The molecule has 0 unspecified atom stereocenters. The summed E-state index contributed by atoms with van der Waals surface area (Å²) < 4.78 is 0. The van der Waals surface area contributed by atoms with Gasteiger partial charge in [-0.2, -0.15) is 0 Å². The van der Waals surface area contributed by atoms with Crippen molar-refractivity contribution in [2.45, 2.75) is 6.54 Å². The molecule has 0 radical (unpaired) electrons. The first-order chi connectivity index (χ1) is 11.0. The van der Waals surface area contributed by atoms with E-state index in [1.165, 1.54) is 0 Å². The first kappa shape index (κ1) is 16.7. The summed E-state index contributed by atoms with van der Waals surface area (Å²) in [4.78, 5) is 4.69. The molecule has 1 aliphatic heterocycles. The molecule has 0 aromatic heterocycles. The van der Waals surface area contributed by atoms with Gasteiger partial charge in [0.25, 0.3) is 0 Å². The molecule has 0 aliphatic carbocycles. The third-order valence-electron chi connectivity index (χ3n) is 4.04. The lowest BCUT2D eigenvalue weighted by molar-refractivity contribution is 0.250. The summed E-state index contributed by atoms with van der Waals surface area (Å²) in [6, 6.07) is 11.1. The van der Waals surface area contributed by atoms with Crippen LogP contribution in [0.2, 0.25) is 15.1 Å². The largest absolute Gasteiger partial charge is 0.508 e. The van der Waals surface area contributed by atoms with E-state index in [0.29, 0.717) is 20.8 Å². The molecule has 0 amide bonds. The number of benzene rings is 2. The summed E-state index contributed by atoms with van der Waals surface area (Å²) in [5.74, 6) is 0.295. The van der Waals surface area contributed by atoms with E-state index in [1.54, 1.807) is 12.1 Å². The fourth-order valence-corrected chi connectivity index (χ4v) is 3.43. The lowest BCUT2D eigenvalue weighted by atomic mass is 10.2. The summed E-state index contributed by atoms with van der Waals surface area (Å²) in [6.45, 7) is 4.61. The standard InChI is InChI=1S/C17H17Cl3N2O/c18-15-9-12(10-16(19)17(15)20)11-21-5-7-22(8-6-21)13-1-3-14(23)4-2-13/h1-4,9-10,23H,5-8,11H2. The molecule has 0 atom stereocenters. The SMILES string of the molecule is Oc1ccc(N2CCN(Cc3cc(Cl)c(Cl)c(Cl)c3)CC2)cc1. The molecule has 1 heterocycles. The maximum Gasteiger partial charge on any atom is 0.115 e. The Morgan fingerprint density at radius 1 is 0.870 bits per heavy atom. The van der Waals surface area contributed by atoms with Crippen molar-refractivity contribution < 1.29 is 5.11 Å². The van der Waals surface area contributed by atoms with Crippen LogP contribution >= 0.6 is 34.8 Å². The van der Waals surface area contributed by atoms with E-state index in [4.69, 9.17) is 34.8 Å². The predicted octanol–water partition coefficient (Wildman–Crippen LogP) is 4.67. The molecule has 0 bridgehead atoms. The first-order valence-corrected chi connectivity index (χ1v) is 8.56. The van der Waals surface area contributed by atoms with Crippen LogP contribution in [0.25, 0.3) is 0 Å². The Hall–Kier alpha value is -1.13. The fourth-order valence-electron chi connectivity index (χ4n) is 2.79. The van der Waals surface area contributed by atoms with Crippen molar-refractivity contribution >= 4 is 40.5 Å². The highest BCUT2D eigenvalue weighted by atomic mass is 35.5. The van der Waals surface area contributed by atoms with Gasteiger partial charge in [0.05, 0.1) is 15.1 Å². The summed E-state index contributed by atoms with van der Waals surface area (Å²) >= 11 is 18.2. The van der Waals surface area contributed by atoms with Crippen molar-refractivity contribution in [3.8, 4) is 5.75 Å². The molecule has 6 heteroatoms. The maximum absolute atomic E-state index is 9.37. The molecule has 3 nitrogen and oxygen atoms in total. The molecule has 1 aliphatic rings. The quantitative estimate of drug-likeness (QED) is 0.794. The second kappa shape index (κ2) is 7.18. The van der Waals surface area contributed by atoms with Gasteiger partial charge in [-0.1, -0.05) is 34.8 Å². The molecule has 1 N–H and O–H groups in total. The van der Waals surface area contributed by atoms with Crippen LogP contribution in [0.1, 0.15) is 5.56 Å².